The minimum Gasteiger partial charge on any atom is -0.462 e. The SMILES string of the molecule is CCOC(=O)c1ccc2c(c1)NC=NC2. The number of carbonyl (C=O) groups excluding carboxylic acids is 1. The van der Waals surface area contributed by atoms with Crippen LogP contribution >= 0.6 is 0 Å². The molecule has 78 valence electrons. The lowest BCUT2D eigenvalue weighted by atomic mass is 10.1. The first-order chi connectivity index (χ1) is 7.31. The first kappa shape index (κ1) is 9.71. The van der Waals surface area contributed by atoms with Crippen molar-refractivity contribution in [2.24, 2.45) is 4.99 Å². The molecule has 1 heterocycles. The first-order valence-corrected chi connectivity index (χ1v) is 4.86. The number of benzene rings is 1. The Balaban J connectivity index is 2.26. The van der Waals surface area contributed by atoms with Crippen molar-refractivity contribution in [2.45, 2.75) is 13.5 Å². The highest BCUT2D eigenvalue weighted by Gasteiger charge is 2.11. The number of carbonyl (C=O) groups is 1. The van der Waals surface area contributed by atoms with Crippen LogP contribution < -0.4 is 5.32 Å². The summed E-state index contributed by atoms with van der Waals surface area (Å²) in [4.78, 5) is 15.5. The fraction of sp³-hybridized carbons (Fsp3) is 0.273. The molecular weight excluding hydrogens is 192 g/mol. The van der Waals surface area contributed by atoms with E-state index >= 15 is 0 Å². The van der Waals surface area contributed by atoms with Gasteiger partial charge in [0.25, 0.3) is 0 Å². The van der Waals surface area contributed by atoms with E-state index in [-0.39, 0.29) is 5.97 Å². The molecule has 1 aliphatic rings. The van der Waals surface area contributed by atoms with E-state index in [9.17, 15) is 4.79 Å². The summed E-state index contributed by atoms with van der Waals surface area (Å²) in [5.41, 5.74) is 2.58. The molecule has 1 aromatic rings. The molecule has 0 saturated carbocycles. The van der Waals surface area contributed by atoms with Crippen molar-refractivity contribution in [1.29, 1.82) is 0 Å². The highest BCUT2D eigenvalue weighted by molar-refractivity contribution is 5.92. The normalized spacial score (nSPS) is 12.9. The number of rotatable bonds is 2. The number of anilines is 1. The Kier molecular flexibility index (Phi) is 2.67. The van der Waals surface area contributed by atoms with Gasteiger partial charge in [-0.1, -0.05) is 6.07 Å². The zero-order valence-corrected chi connectivity index (χ0v) is 8.49. The Morgan fingerprint density at radius 2 is 2.47 bits per heavy atom. The van der Waals surface area contributed by atoms with Gasteiger partial charge in [0.2, 0.25) is 0 Å². The Morgan fingerprint density at radius 3 is 3.27 bits per heavy atom. The highest BCUT2D eigenvalue weighted by Crippen LogP contribution is 2.21. The van der Waals surface area contributed by atoms with Gasteiger partial charge in [-0.2, -0.15) is 0 Å². The quantitative estimate of drug-likeness (QED) is 0.747. The zero-order valence-electron chi connectivity index (χ0n) is 8.49. The first-order valence-electron chi connectivity index (χ1n) is 4.86. The average molecular weight is 204 g/mol. The van der Waals surface area contributed by atoms with Crippen LogP contribution in [0.1, 0.15) is 22.8 Å². The van der Waals surface area contributed by atoms with Gasteiger partial charge in [-0.3, -0.25) is 4.99 Å². The number of nitrogens with one attached hydrogen (secondary N) is 1. The van der Waals surface area contributed by atoms with Gasteiger partial charge in [0.05, 0.1) is 25.1 Å². The van der Waals surface area contributed by atoms with Crippen molar-refractivity contribution in [3.8, 4) is 0 Å². The number of nitrogens with zero attached hydrogens (tertiary/aromatic N) is 1. The lowest BCUT2D eigenvalue weighted by molar-refractivity contribution is 0.0526. The van der Waals surface area contributed by atoms with E-state index in [0.29, 0.717) is 18.7 Å². The molecule has 0 fully saturated rings. The minimum absolute atomic E-state index is 0.287. The zero-order chi connectivity index (χ0) is 10.7. The van der Waals surface area contributed by atoms with Crippen molar-refractivity contribution in [2.75, 3.05) is 11.9 Å². The van der Waals surface area contributed by atoms with E-state index < -0.39 is 0 Å². The fourth-order valence-corrected chi connectivity index (χ4v) is 1.45. The number of hydrogen-bond donors (Lipinski definition) is 1. The van der Waals surface area contributed by atoms with Crippen LogP contribution in [0.15, 0.2) is 23.2 Å². The third-order valence-electron chi connectivity index (χ3n) is 2.19. The van der Waals surface area contributed by atoms with Crippen molar-refractivity contribution in [3.05, 3.63) is 29.3 Å². The summed E-state index contributed by atoms with van der Waals surface area (Å²) in [5.74, 6) is -0.287. The lowest BCUT2D eigenvalue weighted by Crippen LogP contribution is -2.09. The lowest BCUT2D eigenvalue weighted by Gasteiger charge is -2.12. The molecule has 1 aliphatic heterocycles. The van der Waals surface area contributed by atoms with Crippen molar-refractivity contribution in [1.82, 2.24) is 0 Å². The van der Waals surface area contributed by atoms with Crippen LogP contribution in [0, 0.1) is 0 Å². The Bertz CT molecular complexity index is 413. The summed E-state index contributed by atoms with van der Waals surface area (Å²) in [7, 11) is 0. The van der Waals surface area contributed by atoms with Crippen LogP contribution in [-0.2, 0) is 11.3 Å². The van der Waals surface area contributed by atoms with E-state index in [1.165, 1.54) is 0 Å². The van der Waals surface area contributed by atoms with E-state index in [2.05, 4.69) is 10.3 Å². The summed E-state index contributed by atoms with van der Waals surface area (Å²) in [6.07, 6.45) is 1.64. The van der Waals surface area contributed by atoms with Gasteiger partial charge in [-0.05, 0) is 24.6 Å². The molecule has 0 saturated heterocycles. The van der Waals surface area contributed by atoms with Gasteiger partial charge in [0.1, 0.15) is 0 Å². The van der Waals surface area contributed by atoms with Crippen LogP contribution in [0.5, 0.6) is 0 Å². The fourth-order valence-electron chi connectivity index (χ4n) is 1.45. The van der Waals surface area contributed by atoms with Crippen LogP contribution in [0.25, 0.3) is 0 Å². The summed E-state index contributed by atoms with van der Waals surface area (Å²) in [6, 6.07) is 5.45. The molecule has 0 aliphatic carbocycles. The monoisotopic (exact) mass is 204 g/mol. The maximum Gasteiger partial charge on any atom is 0.338 e. The van der Waals surface area contributed by atoms with E-state index in [4.69, 9.17) is 4.74 Å². The molecule has 2 rings (SSSR count). The molecule has 0 radical (unpaired) electrons. The molecule has 4 heteroatoms. The molecule has 1 aromatic carbocycles. The summed E-state index contributed by atoms with van der Waals surface area (Å²) < 4.78 is 4.92. The topological polar surface area (TPSA) is 50.7 Å². The summed E-state index contributed by atoms with van der Waals surface area (Å²) in [5, 5.41) is 3.00. The molecule has 4 nitrogen and oxygen atoms in total. The molecule has 15 heavy (non-hydrogen) atoms. The molecule has 0 amide bonds. The minimum atomic E-state index is -0.287. The summed E-state index contributed by atoms with van der Waals surface area (Å²) in [6.45, 7) is 2.84. The van der Waals surface area contributed by atoms with Gasteiger partial charge in [-0.15, -0.1) is 0 Å². The van der Waals surface area contributed by atoms with Crippen LogP contribution in [-0.4, -0.2) is 18.9 Å². The van der Waals surface area contributed by atoms with Crippen LogP contribution in [0.3, 0.4) is 0 Å². The van der Waals surface area contributed by atoms with E-state index in [0.717, 1.165) is 11.3 Å². The van der Waals surface area contributed by atoms with Crippen LogP contribution in [0.4, 0.5) is 5.69 Å². The number of ether oxygens (including phenoxy) is 1. The molecule has 0 bridgehead atoms. The standard InChI is InChI=1S/C11H12N2O2/c1-2-15-11(14)8-3-4-9-6-12-7-13-10(9)5-8/h3-5,7H,2,6H2,1H3,(H,12,13). The molecule has 0 aromatic heterocycles. The number of hydrogen-bond acceptors (Lipinski definition) is 4. The largest absolute Gasteiger partial charge is 0.462 e. The maximum atomic E-state index is 11.4. The second-order valence-corrected chi connectivity index (χ2v) is 3.21. The van der Waals surface area contributed by atoms with Gasteiger partial charge in [-0.25, -0.2) is 4.79 Å². The molecule has 0 atom stereocenters. The molecule has 1 N–H and O–H groups in total. The van der Waals surface area contributed by atoms with E-state index in [1.807, 2.05) is 6.07 Å². The number of aliphatic imine (C=N–C) groups is 1. The smallest absolute Gasteiger partial charge is 0.338 e. The molecular formula is C11H12N2O2. The highest BCUT2D eigenvalue weighted by atomic mass is 16.5. The predicted molar refractivity (Wildman–Crippen MR) is 58.2 cm³/mol. The van der Waals surface area contributed by atoms with Gasteiger partial charge < -0.3 is 10.1 Å². The van der Waals surface area contributed by atoms with Crippen molar-refractivity contribution >= 4 is 18.0 Å². The second kappa shape index (κ2) is 4.13. The Hall–Kier alpha value is -1.84. The van der Waals surface area contributed by atoms with Gasteiger partial charge in [0.15, 0.2) is 0 Å². The molecule has 0 spiro atoms. The van der Waals surface area contributed by atoms with Gasteiger partial charge in [0, 0.05) is 5.69 Å². The Morgan fingerprint density at radius 1 is 1.60 bits per heavy atom. The molecule has 0 unspecified atom stereocenters. The third kappa shape index (κ3) is 1.98. The number of esters is 1. The third-order valence-corrected chi connectivity index (χ3v) is 2.19. The Labute approximate surface area is 88.0 Å². The second-order valence-electron chi connectivity index (χ2n) is 3.21. The van der Waals surface area contributed by atoms with Gasteiger partial charge >= 0.3 is 5.97 Å². The average Bonchev–Trinajstić information content (AvgIpc) is 2.29. The predicted octanol–water partition coefficient (Wildman–Crippen LogP) is 1.82. The van der Waals surface area contributed by atoms with Crippen molar-refractivity contribution in [3.63, 3.8) is 0 Å². The van der Waals surface area contributed by atoms with Crippen molar-refractivity contribution < 1.29 is 9.53 Å². The number of fused-ring (bicyclic) bond motifs is 1. The maximum absolute atomic E-state index is 11.4. The summed E-state index contributed by atoms with van der Waals surface area (Å²) >= 11 is 0. The van der Waals surface area contributed by atoms with Crippen LogP contribution in [0.2, 0.25) is 0 Å². The van der Waals surface area contributed by atoms with E-state index in [1.54, 1.807) is 25.4 Å².